The van der Waals surface area contributed by atoms with E-state index in [4.69, 9.17) is 18.9 Å². The molecule has 0 saturated carbocycles. The number of carbonyl (C=O) groups is 2. The summed E-state index contributed by atoms with van der Waals surface area (Å²) in [4.78, 5) is 29.0. The average molecular weight is 472 g/mol. The third-order valence-electron chi connectivity index (χ3n) is 5.43. The van der Waals surface area contributed by atoms with Crippen LogP contribution >= 0.6 is 0 Å². The normalized spacial score (nSPS) is 11.5. The van der Waals surface area contributed by atoms with Crippen molar-refractivity contribution in [2.75, 3.05) is 20.8 Å². The molecule has 178 valence electrons. The van der Waals surface area contributed by atoms with E-state index in [2.05, 4.69) is 4.74 Å². The molecule has 4 rings (SSSR count). The van der Waals surface area contributed by atoms with E-state index in [0.717, 1.165) is 16.7 Å². The van der Waals surface area contributed by atoms with E-state index in [1.54, 1.807) is 18.2 Å². The minimum absolute atomic E-state index is 0.207. The fourth-order valence-corrected chi connectivity index (χ4v) is 3.68. The van der Waals surface area contributed by atoms with Crippen LogP contribution in [0.15, 0.2) is 89.3 Å². The molecule has 0 N–H and O–H groups in total. The highest BCUT2D eigenvalue weighted by molar-refractivity contribution is 5.80. The molecule has 7 heteroatoms. The molecule has 0 aliphatic heterocycles. The fourth-order valence-electron chi connectivity index (χ4n) is 3.68. The van der Waals surface area contributed by atoms with Gasteiger partial charge in [0.2, 0.25) is 5.89 Å². The van der Waals surface area contributed by atoms with E-state index in [9.17, 15) is 9.59 Å². The number of hydrogen-bond acceptors (Lipinski definition) is 7. The van der Waals surface area contributed by atoms with Crippen LogP contribution in [0, 0.1) is 0 Å². The highest BCUT2D eigenvalue weighted by Gasteiger charge is 2.30. The maximum Gasteiger partial charge on any atom is 0.343 e. The molecule has 0 spiro atoms. The third-order valence-corrected chi connectivity index (χ3v) is 5.43. The van der Waals surface area contributed by atoms with Crippen molar-refractivity contribution in [1.29, 1.82) is 0 Å². The van der Waals surface area contributed by atoms with E-state index in [-0.39, 0.29) is 18.9 Å². The van der Waals surface area contributed by atoms with Crippen LogP contribution in [0.25, 0.3) is 22.6 Å². The molecule has 0 fully saturated rings. The first-order valence-corrected chi connectivity index (χ1v) is 11.1. The Kier molecular flexibility index (Phi) is 7.57. The molecule has 0 bridgehead atoms. The predicted molar refractivity (Wildman–Crippen MR) is 130 cm³/mol. The second-order valence-electron chi connectivity index (χ2n) is 7.75. The standard InChI is InChI=1S/C28H25NO6/c1-32-24(30)18-34-22-15-9-10-19(16-22)17-23(28(31)33-2)27-29-25(20-11-5-3-6-12-20)26(35-27)21-13-7-4-8-14-21/h3-16,23H,17-18H2,1-2H3. The summed E-state index contributed by atoms with van der Waals surface area (Å²) in [5, 5.41) is 0. The zero-order chi connectivity index (χ0) is 24.6. The SMILES string of the molecule is COC(=O)COc1cccc(CC(C(=O)OC)c2nc(-c3ccccc3)c(-c3ccccc3)o2)c1. The predicted octanol–water partition coefficient (Wildman–Crippen LogP) is 5.06. The summed E-state index contributed by atoms with van der Waals surface area (Å²) in [5.74, 6) is -0.406. The van der Waals surface area contributed by atoms with Gasteiger partial charge in [0.1, 0.15) is 17.4 Å². The van der Waals surface area contributed by atoms with Gasteiger partial charge in [-0.2, -0.15) is 0 Å². The van der Waals surface area contributed by atoms with E-state index < -0.39 is 17.9 Å². The minimum Gasteiger partial charge on any atom is -0.482 e. The van der Waals surface area contributed by atoms with Crippen molar-refractivity contribution in [3.05, 3.63) is 96.4 Å². The molecule has 0 aliphatic carbocycles. The summed E-state index contributed by atoms with van der Waals surface area (Å²) < 4.78 is 21.4. The van der Waals surface area contributed by atoms with Crippen molar-refractivity contribution < 1.29 is 28.2 Å². The largest absolute Gasteiger partial charge is 0.482 e. The Balaban J connectivity index is 1.70. The first kappa shape index (κ1) is 23.8. The van der Waals surface area contributed by atoms with Gasteiger partial charge in [0.15, 0.2) is 12.4 Å². The fraction of sp³-hybridized carbons (Fsp3) is 0.179. The summed E-state index contributed by atoms with van der Waals surface area (Å²) in [6.07, 6.45) is 0.269. The van der Waals surface area contributed by atoms with Gasteiger partial charge in [-0.1, -0.05) is 72.8 Å². The van der Waals surface area contributed by atoms with Crippen molar-refractivity contribution in [1.82, 2.24) is 4.98 Å². The monoisotopic (exact) mass is 471 g/mol. The number of aromatic nitrogens is 1. The number of benzene rings is 3. The first-order chi connectivity index (χ1) is 17.1. The zero-order valence-electron chi connectivity index (χ0n) is 19.5. The summed E-state index contributed by atoms with van der Waals surface area (Å²) in [6, 6.07) is 26.5. The molecule has 0 aliphatic rings. The average Bonchev–Trinajstić information content (AvgIpc) is 3.36. The van der Waals surface area contributed by atoms with Crippen molar-refractivity contribution in [2.24, 2.45) is 0 Å². The van der Waals surface area contributed by atoms with Crippen LogP contribution in [0.3, 0.4) is 0 Å². The lowest BCUT2D eigenvalue weighted by atomic mass is 9.99. The van der Waals surface area contributed by atoms with Gasteiger partial charge in [0, 0.05) is 11.1 Å². The van der Waals surface area contributed by atoms with Crippen LogP contribution in [0.1, 0.15) is 17.4 Å². The highest BCUT2D eigenvalue weighted by atomic mass is 16.6. The molecular weight excluding hydrogens is 446 g/mol. The van der Waals surface area contributed by atoms with Crippen molar-refractivity contribution >= 4 is 11.9 Å². The molecule has 0 radical (unpaired) electrons. The van der Waals surface area contributed by atoms with Crippen molar-refractivity contribution in [3.63, 3.8) is 0 Å². The van der Waals surface area contributed by atoms with Gasteiger partial charge in [-0.05, 0) is 24.1 Å². The first-order valence-electron chi connectivity index (χ1n) is 11.1. The van der Waals surface area contributed by atoms with Crippen LogP contribution in [0.2, 0.25) is 0 Å². The van der Waals surface area contributed by atoms with Gasteiger partial charge in [-0.25, -0.2) is 9.78 Å². The summed E-state index contributed by atoms with van der Waals surface area (Å²) >= 11 is 0. The molecule has 35 heavy (non-hydrogen) atoms. The number of hydrogen-bond donors (Lipinski definition) is 0. The lowest BCUT2D eigenvalue weighted by Gasteiger charge is -2.12. The zero-order valence-corrected chi connectivity index (χ0v) is 19.5. The van der Waals surface area contributed by atoms with Crippen LogP contribution in [0.5, 0.6) is 5.75 Å². The molecule has 1 atom stereocenters. The van der Waals surface area contributed by atoms with Gasteiger partial charge >= 0.3 is 11.9 Å². The maximum atomic E-state index is 12.8. The number of rotatable bonds is 9. The Morgan fingerprint density at radius 2 is 1.54 bits per heavy atom. The summed E-state index contributed by atoms with van der Waals surface area (Å²) in [5.41, 5.74) is 3.18. The van der Waals surface area contributed by atoms with Crippen LogP contribution in [-0.4, -0.2) is 37.7 Å². The van der Waals surface area contributed by atoms with Crippen molar-refractivity contribution in [2.45, 2.75) is 12.3 Å². The highest BCUT2D eigenvalue weighted by Crippen LogP contribution is 2.36. The molecule has 1 unspecified atom stereocenters. The van der Waals surface area contributed by atoms with E-state index in [1.165, 1.54) is 14.2 Å². The van der Waals surface area contributed by atoms with E-state index >= 15 is 0 Å². The Morgan fingerprint density at radius 1 is 0.857 bits per heavy atom. The van der Waals surface area contributed by atoms with E-state index in [0.29, 0.717) is 17.2 Å². The Hall–Kier alpha value is -4.39. The van der Waals surface area contributed by atoms with E-state index in [1.807, 2.05) is 66.7 Å². The number of esters is 2. The Morgan fingerprint density at radius 3 is 2.20 bits per heavy atom. The third kappa shape index (κ3) is 5.76. The smallest absolute Gasteiger partial charge is 0.343 e. The number of oxazole rings is 1. The van der Waals surface area contributed by atoms with Crippen LogP contribution < -0.4 is 4.74 Å². The molecular formula is C28H25NO6. The van der Waals surface area contributed by atoms with Crippen LogP contribution in [0.4, 0.5) is 0 Å². The van der Waals surface area contributed by atoms with Gasteiger partial charge in [0.05, 0.1) is 14.2 Å². The van der Waals surface area contributed by atoms with Crippen molar-refractivity contribution in [3.8, 4) is 28.3 Å². The van der Waals surface area contributed by atoms with Gasteiger partial charge in [0.25, 0.3) is 0 Å². The molecule has 0 amide bonds. The number of nitrogens with zero attached hydrogens (tertiary/aromatic N) is 1. The quantitative estimate of drug-likeness (QED) is 0.315. The molecule has 4 aromatic rings. The Labute approximate surface area is 203 Å². The number of ether oxygens (including phenoxy) is 3. The minimum atomic E-state index is -0.782. The Bertz CT molecular complexity index is 1230. The molecule has 3 aromatic carbocycles. The second-order valence-corrected chi connectivity index (χ2v) is 7.75. The van der Waals surface area contributed by atoms with Crippen LogP contribution in [-0.2, 0) is 25.5 Å². The summed E-state index contributed by atoms with van der Waals surface area (Å²) in [6.45, 7) is -0.207. The number of carbonyl (C=O) groups excluding carboxylic acids is 2. The second kappa shape index (κ2) is 11.2. The van der Waals surface area contributed by atoms with Gasteiger partial charge in [-0.15, -0.1) is 0 Å². The molecule has 7 nitrogen and oxygen atoms in total. The van der Waals surface area contributed by atoms with Gasteiger partial charge in [-0.3, -0.25) is 4.79 Å². The molecule has 1 heterocycles. The summed E-state index contributed by atoms with van der Waals surface area (Å²) in [7, 11) is 2.64. The van der Waals surface area contributed by atoms with Gasteiger partial charge < -0.3 is 18.6 Å². The topological polar surface area (TPSA) is 87.9 Å². The lowest BCUT2D eigenvalue weighted by molar-refractivity contribution is -0.143. The molecule has 0 saturated heterocycles. The maximum absolute atomic E-state index is 12.8. The molecule has 1 aromatic heterocycles. The number of methoxy groups -OCH3 is 2. The lowest BCUT2D eigenvalue weighted by Crippen LogP contribution is -2.17.